The molecule has 3 aliphatic carbocycles. The minimum Gasteiger partial charge on any atom is -0.299 e. The third-order valence-electron chi connectivity index (χ3n) is 4.80. The standard InChI is InChI=1S/C12H16O/c1-9-8-11-5-2-4-10(13)12(9,11)7-3-6-11/h1-8H2. The lowest BCUT2D eigenvalue weighted by molar-refractivity contribution is -0.143. The van der Waals surface area contributed by atoms with Gasteiger partial charge in [0, 0.05) is 6.42 Å². The molecule has 1 nitrogen and oxygen atoms in total. The largest absolute Gasteiger partial charge is 0.299 e. The predicted octanol–water partition coefficient (Wildman–Crippen LogP) is 2.86. The first kappa shape index (κ1) is 7.78. The van der Waals surface area contributed by atoms with Crippen LogP contribution in [0, 0.1) is 10.8 Å². The highest BCUT2D eigenvalue weighted by Crippen LogP contribution is 2.73. The molecule has 0 spiro atoms. The predicted molar refractivity (Wildman–Crippen MR) is 51.3 cm³/mol. The fraction of sp³-hybridized carbons (Fsp3) is 0.750. The summed E-state index contributed by atoms with van der Waals surface area (Å²) in [5.74, 6) is 0.521. The van der Waals surface area contributed by atoms with Crippen LogP contribution >= 0.6 is 0 Å². The van der Waals surface area contributed by atoms with E-state index in [1.165, 1.54) is 24.8 Å². The summed E-state index contributed by atoms with van der Waals surface area (Å²) < 4.78 is 0. The van der Waals surface area contributed by atoms with Crippen LogP contribution in [-0.4, -0.2) is 5.78 Å². The molecule has 0 amide bonds. The van der Waals surface area contributed by atoms with Gasteiger partial charge in [0.15, 0.2) is 0 Å². The van der Waals surface area contributed by atoms with Crippen LogP contribution < -0.4 is 0 Å². The summed E-state index contributed by atoms with van der Waals surface area (Å²) in [7, 11) is 0. The van der Waals surface area contributed by atoms with Crippen molar-refractivity contribution in [3.63, 3.8) is 0 Å². The summed E-state index contributed by atoms with van der Waals surface area (Å²) in [4.78, 5) is 12.0. The molecule has 13 heavy (non-hydrogen) atoms. The molecule has 0 heterocycles. The molecule has 0 saturated heterocycles. The summed E-state index contributed by atoms with van der Waals surface area (Å²) in [6, 6.07) is 0. The number of hydrogen-bond donors (Lipinski definition) is 0. The molecule has 0 bridgehead atoms. The Morgan fingerprint density at radius 2 is 1.92 bits per heavy atom. The molecule has 0 aliphatic heterocycles. The lowest BCUT2D eigenvalue weighted by Gasteiger charge is -2.59. The maximum atomic E-state index is 12.0. The van der Waals surface area contributed by atoms with Crippen LogP contribution in [0.5, 0.6) is 0 Å². The van der Waals surface area contributed by atoms with Crippen LogP contribution in [0.25, 0.3) is 0 Å². The Kier molecular flexibility index (Phi) is 1.24. The fourth-order valence-electron chi connectivity index (χ4n) is 4.27. The van der Waals surface area contributed by atoms with Crippen LogP contribution in [0.3, 0.4) is 0 Å². The SMILES string of the molecule is C=C1CC23CCCC(=O)C12CCC3. The number of hydrogen-bond acceptors (Lipinski definition) is 1. The van der Waals surface area contributed by atoms with E-state index >= 15 is 0 Å². The average molecular weight is 176 g/mol. The molecule has 0 aromatic rings. The molecule has 2 unspecified atom stereocenters. The van der Waals surface area contributed by atoms with E-state index in [4.69, 9.17) is 0 Å². The summed E-state index contributed by atoms with van der Waals surface area (Å²) in [6.45, 7) is 4.10. The summed E-state index contributed by atoms with van der Waals surface area (Å²) in [6.07, 6.45) is 8.05. The smallest absolute Gasteiger partial charge is 0.143 e. The number of Topliss-reactive ketones (excluding diaryl/α,β-unsaturated/α-hetero) is 1. The zero-order valence-electron chi connectivity index (χ0n) is 8.07. The van der Waals surface area contributed by atoms with Crippen LogP contribution in [0.15, 0.2) is 12.2 Å². The first-order chi connectivity index (χ1) is 6.21. The van der Waals surface area contributed by atoms with E-state index in [9.17, 15) is 4.79 Å². The van der Waals surface area contributed by atoms with Crippen LogP contribution in [-0.2, 0) is 4.79 Å². The zero-order valence-corrected chi connectivity index (χ0v) is 8.07. The number of allylic oxidation sites excluding steroid dienone is 1. The van der Waals surface area contributed by atoms with Gasteiger partial charge < -0.3 is 0 Å². The van der Waals surface area contributed by atoms with E-state index in [-0.39, 0.29) is 5.41 Å². The second kappa shape index (κ2) is 2.08. The zero-order chi connectivity index (χ0) is 9.10. The van der Waals surface area contributed by atoms with Gasteiger partial charge >= 0.3 is 0 Å². The van der Waals surface area contributed by atoms with Gasteiger partial charge in [-0.05, 0) is 37.5 Å². The minimum atomic E-state index is -0.00868. The quantitative estimate of drug-likeness (QED) is 0.519. The van der Waals surface area contributed by atoms with E-state index in [1.807, 2.05) is 0 Å². The van der Waals surface area contributed by atoms with Gasteiger partial charge in [-0.25, -0.2) is 0 Å². The van der Waals surface area contributed by atoms with Gasteiger partial charge in [0.25, 0.3) is 0 Å². The number of rotatable bonds is 0. The fourth-order valence-corrected chi connectivity index (χ4v) is 4.27. The Morgan fingerprint density at radius 1 is 1.15 bits per heavy atom. The number of carbonyl (C=O) groups is 1. The Bertz CT molecular complexity index is 304. The highest BCUT2D eigenvalue weighted by Gasteiger charge is 2.67. The Labute approximate surface area is 79.2 Å². The lowest BCUT2D eigenvalue weighted by Crippen LogP contribution is -2.56. The van der Waals surface area contributed by atoms with Crippen molar-refractivity contribution in [1.82, 2.24) is 0 Å². The van der Waals surface area contributed by atoms with Crippen molar-refractivity contribution in [3.8, 4) is 0 Å². The second-order valence-corrected chi connectivity index (χ2v) is 5.10. The van der Waals surface area contributed by atoms with Crippen molar-refractivity contribution < 1.29 is 4.79 Å². The topological polar surface area (TPSA) is 17.1 Å². The monoisotopic (exact) mass is 176 g/mol. The van der Waals surface area contributed by atoms with E-state index < -0.39 is 0 Å². The Morgan fingerprint density at radius 3 is 2.62 bits per heavy atom. The molecular weight excluding hydrogens is 160 g/mol. The number of carbonyl (C=O) groups excluding carboxylic acids is 1. The maximum absolute atomic E-state index is 12.0. The van der Waals surface area contributed by atoms with Crippen molar-refractivity contribution in [2.75, 3.05) is 0 Å². The normalized spacial score (nSPS) is 48.3. The maximum Gasteiger partial charge on any atom is 0.143 e. The number of ketones is 1. The molecule has 0 aromatic heterocycles. The van der Waals surface area contributed by atoms with Crippen LogP contribution in [0.4, 0.5) is 0 Å². The highest BCUT2D eigenvalue weighted by atomic mass is 16.1. The molecule has 1 heteroatoms. The summed E-state index contributed by atoms with van der Waals surface area (Å²) in [5, 5.41) is 0. The van der Waals surface area contributed by atoms with Crippen molar-refractivity contribution in [1.29, 1.82) is 0 Å². The summed E-state index contributed by atoms with van der Waals surface area (Å²) >= 11 is 0. The first-order valence-electron chi connectivity index (χ1n) is 5.43. The molecule has 3 rings (SSSR count). The molecule has 3 fully saturated rings. The van der Waals surface area contributed by atoms with Crippen LogP contribution in [0.2, 0.25) is 0 Å². The molecule has 0 radical (unpaired) electrons. The van der Waals surface area contributed by atoms with E-state index in [1.54, 1.807) is 0 Å². The van der Waals surface area contributed by atoms with Crippen molar-refractivity contribution in [2.24, 2.45) is 10.8 Å². The Balaban J connectivity index is 2.11. The van der Waals surface area contributed by atoms with Gasteiger partial charge in [0.05, 0.1) is 5.41 Å². The van der Waals surface area contributed by atoms with Gasteiger partial charge in [-0.3, -0.25) is 4.79 Å². The van der Waals surface area contributed by atoms with Crippen molar-refractivity contribution in [2.45, 2.75) is 44.9 Å². The van der Waals surface area contributed by atoms with Crippen LogP contribution in [0.1, 0.15) is 44.9 Å². The van der Waals surface area contributed by atoms with Gasteiger partial charge in [0.1, 0.15) is 5.78 Å². The van der Waals surface area contributed by atoms with E-state index in [0.717, 1.165) is 25.7 Å². The molecular formula is C12H16O. The lowest BCUT2D eigenvalue weighted by atomic mass is 9.43. The minimum absolute atomic E-state index is 0.00868. The second-order valence-electron chi connectivity index (χ2n) is 5.10. The van der Waals surface area contributed by atoms with Gasteiger partial charge in [-0.15, -0.1) is 0 Å². The van der Waals surface area contributed by atoms with Gasteiger partial charge in [0.2, 0.25) is 0 Å². The van der Waals surface area contributed by atoms with Crippen molar-refractivity contribution in [3.05, 3.63) is 12.2 Å². The van der Waals surface area contributed by atoms with Gasteiger partial charge in [-0.2, -0.15) is 0 Å². The third-order valence-corrected chi connectivity index (χ3v) is 4.80. The summed E-state index contributed by atoms with van der Waals surface area (Å²) in [5.41, 5.74) is 1.65. The molecule has 0 N–H and O–H groups in total. The molecule has 0 aromatic carbocycles. The van der Waals surface area contributed by atoms with E-state index in [0.29, 0.717) is 11.2 Å². The molecule has 3 saturated carbocycles. The third kappa shape index (κ3) is 0.619. The molecule has 3 aliphatic rings. The van der Waals surface area contributed by atoms with E-state index in [2.05, 4.69) is 6.58 Å². The van der Waals surface area contributed by atoms with Crippen molar-refractivity contribution >= 4 is 5.78 Å². The molecule has 70 valence electrons. The first-order valence-corrected chi connectivity index (χ1v) is 5.43. The highest BCUT2D eigenvalue weighted by molar-refractivity contribution is 5.92. The Hall–Kier alpha value is -0.590. The molecule has 2 atom stereocenters. The average Bonchev–Trinajstić information content (AvgIpc) is 2.40. The van der Waals surface area contributed by atoms with Gasteiger partial charge in [-0.1, -0.05) is 18.6 Å².